The van der Waals surface area contributed by atoms with Crippen LogP contribution in [0.1, 0.15) is 24.3 Å². The smallest absolute Gasteiger partial charge is 0.248 e. The van der Waals surface area contributed by atoms with Crippen molar-refractivity contribution in [2.45, 2.75) is 20.4 Å². The molecular weight excluding hydrogens is 234 g/mol. The maximum absolute atomic E-state index is 11.0. The van der Waals surface area contributed by atoms with Gasteiger partial charge in [-0.3, -0.25) is 9.35 Å². The Hall–Kier alpha value is -1.31. The Kier molecular flexibility index (Phi) is 5.79. The van der Waals surface area contributed by atoms with Gasteiger partial charge in [-0.1, -0.05) is 0 Å². The molecule has 1 rings (SSSR count). The molecular formula is C9H13NO5S. The number of carbonyl (C=O) groups is 1. The molecule has 0 bridgehead atoms. The van der Waals surface area contributed by atoms with E-state index in [0.29, 0.717) is 0 Å². The molecule has 0 fully saturated rings. The number of nitrogens with zero attached hydrogens (tertiary/aromatic N) is 1. The highest BCUT2D eigenvalue weighted by Crippen LogP contribution is 1.91. The molecule has 0 spiro atoms. The van der Waals surface area contributed by atoms with Crippen molar-refractivity contribution < 1.29 is 26.9 Å². The lowest BCUT2D eigenvalue weighted by Gasteiger charge is -1.95. The van der Waals surface area contributed by atoms with Crippen LogP contribution in [-0.4, -0.2) is 23.3 Å². The van der Waals surface area contributed by atoms with E-state index in [2.05, 4.69) is 0 Å². The molecule has 1 aromatic rings. The van der Waals surface area contributed by atoms with Crippen molar-refractivity contribution in [2.75, 3.05) is 0 Å². The van der Waals surface area contributed by atoms with Gasteiger partial charge < -0.3 is 4.55 Å². The Bertz CT molecular complexity index is 447. The number of aromatic nitrogens is 1. The third kappa shape index (κ3) is 7.04. The van der Waals surface area contributed by atoms with Crippen LogP contribution in [0.5, 0.6) is 0 Å². The molecule has 0 unspecified atom stereocenters. The van der Waals surface area contributed by atoms with Gasteiger partial charge in [0, 0.05) is 19.1 Å². The lowest BCUT2D eigenvalue weighted by atomic mass is 10.2. The molecule has 0 aromatic carbocycles. The summed E-state index contributed by atoms with van der Waals surface area (Å²) in [5.41, 5.74) is 0.773. The van der Waals surface area contributed by atoms with E-state index in [1.54, 1.807) is 6.92 Å². The Morgan fingerprint density at radius 3 is 2.31 bits per heavy atom. The van der Waals surface area contributed by atoms with Crippen molar-refractivity contribution >= 4 is 16.2 Å². The molecule has 1 aromatic heterocycles. The van der Waals surface area contributed by atoms with Crippen LogP contribution in [0.15, 0.2) is 24.4 Å². The number of carbonyl (C=O) groups excluding carboxylic acids is 1. The molecule has 0 saturated heterocycles. The maximum atomic E-state index is 11.0. The molecule has 0 radical (unpaired) electrons. The normalized spacial score (nSPS) is 10.2. The Balaban J connectivity index is 0.000000385. The summed E-state index contributed by atoms with van der Waals surface area (Å²) in [6.07, 6.45) is 1.91. The van der Waals surface area contributed by atoms with Gasteiger partial charge in [-0.2, -0.15) is 4.57 Å². The number of Topliss-reactive ketones (excluding diaryl/α,β-unsaturated/α-hetero) is 1. The summed E-state index contributed by atoms with van der Waals surface area (Å²) in [4.78, 5) is 11.0. The number of rotatable bonds is 2. The molecule has 1 heterocycles. The summed E-state index contributed by atoms with van der Waals surface area (Å²) in [7, 11) is -4.92. The molecule has 0 aliphatic heterocycles. The van der Waals surface area contributed by atoms with E-state index in [1.807, 2.05) is 35.9 Å². The van der Waals surface area contributed by atoms with E-state index >= 15 is 0 Å². The van der Waals surface area contributed by atoms with Gasteiger partial charge in [-0.05, 0) is 13.0 Å². The fourth-order valence-electron chi connectivity index (χ4n) is 1.07. The third-order valence-electron chi connectivity index (χ3n) is 1.64. The predicted molar refractivity (Wildman–Crippen MR) is 54.6 cm³/mol. The zero-order valence-electron chi connectivity index (χ0n) is 8.95. The van der Waals surface area contributed by atoms with Crippen molar-refractivity contribution in [3.05, 3.63) is 30.1 Å². The van der Waals surface area contributed by atoms with E-state index in [9.17, 15) is 4.79 Å². The summed E-state index contributed by atoms with van der Waals surface area (Å²) in [5, 5.41) is 0. The van der Waals surface area contributed by atoms with Crippen molar-refractivity contribution in [3.8, 4) is 0 Å². The van der Waals surface area contributed by atoms with E-state index in [1.165, 1.54) is 0 Å². The predicted octanol–water partition coefficient (Wildman–Crippen LogP) is 0.201. The van der Waals surface area contributed by atoms with Crippen LogP contribution in [-0.2, 0) is 16.9 Å². The average molecular weight is 247 g/mol. The summed E-state index contributed by atoms with van der Waals surface area (Å²) < 4.78 is 34.8. The van der Waals surface area contributed by atoms with E-state index in [0.717, 1.165) is 12.2 Å². The number of ketones is 1. The molecule has 7 heteroatoms. The van der Waals surface area contributed by atoms with E-state index in [4.69, 9.17) is 17.5 Å². The molecule has 0 aliphatic carbocycles. The van der Waals surface area contributed by atoms with Crippen LogP contribution in [0.2, 0.25) is 0 Å². The summed E-state index contributed by atoms with van der Waals surface area (Å²) in [6, 6.07) is 5.64. The zero-order chi connectivity index (χ0) is 12.8. The minimum absolute atomic E-state index is 0.118. The largest absolute Gasteiger partial charge is 0.726 e. The van der Waals surface area contributed by atoms with Crippen molar-refractivity contribution in [2.24, 2.45) is 0 Å². The highest BCUT2D eigenvalue weighted by molar-refractivity contribution is 7.79. The van der Waals surface area contributed by atoms with Crippen LogP contribution < -0.4 is 4.57 Å². The molecule has 0 aliphatic rings. The van der Waals surface area contributed by atoms with Gasteiger partial charge in [-0.25, -0.2) is 8.42 Å². The summed E-state index contributed by atoms with van der Waals surface area (Å²) in [6.45, 7) is 4.45. The monoisotopic (exact) mass is 247 g/mol. The van der Waals surface area contributed by atoms with Crippen LogP contribution in [0, 0.1) is 0 Å². The van der Waals surface area contributed by atoms with E-state index < -0.39 is 10.4 Å². The number of hydrogen-bond acceptors (Lipinski definition) is 4. The summed E-state index contributed by atoms with van der Waals surface area (Å²) >= 11 is 0. The minimum atomic E-state index is -4.92. The second-order valence-corrected chi connectivity index (χ2v) is 3.71. The van der Waals surface area contributed by atoms with E-state index in [-0.39, 0.29) is 5.78 Å². The molecule has 16 heavy (non-hydrogen) atoms. The Morgan fingerprint density at radius 1 is 1.50 bits per heavy atom. The first-order chi connectivity index (χ1) is 7.25. The topological polar surface area (TPSA) is 98.4 Å². The van der Waals surface area contributed by atoms with Crippen LogP contribution in [0.4, 0.5) is 0 Å². The second-order valence-electron chi connectivity index (χ2n) is 2.86. The molecule has 0 atom stereocenters. The highest BCUT2D eigenvalue weighted by atomic mass is 32.3. The van der Waals surface area contributed by atoms with Gasteiger partial charge in [0.2, 0.25) is 21.9 Å². The molecule has 90 valence electrons. The molecule has 0 amide bonds. The Labute approximate surface area is 94.1 Å². The number of aryl methyl sites for hydroxylation is 1. The number of hydrogen-bond donors (Lipinski definition) is 1. The standard InChI is InChI=1S/C9H12NO.H2O4S/c1-3-10-7-5-4-6-9(10)8(2)11;1-5(2,3)4/h4-7H,3H2,1-2H3;(H2,1,2,3,4)/q+1;/p-1. The Morgan fingerprint density at radius 2 is 2.00 bits per heavy atom. The number of pyridine rings is 1. The quantitative estimate of drug-likeness (QED) is 0.348. The summed E-state index contributed by atoms with van der Waals surface area (Å²) in [5.74, 6) is 0.118. The van der Waals surface area contributed by atoms with Crippen molar-refractivity contribution in [1.29, 1.82) is 0 Å². The fraction of sp³-hybridized carbons (Fsp3) is 0.333. The van der Waals surface area contributed by atoms with Crippen LogP contribution in [0.3, 0.4) is 0 Å². The second kappa shape index (κ2) is 6.31. The lowest BCUT2D eigenvalue weighted by Crippen LogP contribution is -2.38. The lowest BCUT2D eigenvalue weighted by molar-refractivity contribution is -0.695. The van der Waals surface area contributed by atoms with Gasteiger partial charge >= 0.3 is 0 Å². The van der Waals surface area contributed by atoms with Gasteiger partial charge in [0.25, 0.3) is 0 Å². The van der Waals surface area contributed by atoms with Gasteiger partial charge in [-0.15, -0.1) is 0 Å². The van der Waals surface area contributed by atoms with Crippen molar-refractivity contribution in [3.63, 3.8) is 0 Å². The maximum Gasteiger partial charge on any atom is 0.248 e. The van der Waals surface area contributed by atoms with Crippen LogP contribution >= 0.6 is 0 Å². The van der Waals surface area contributed by atoms with Gasteiger partial charge in [0.15, 0.2) is 6.20 Å². The molecule has 1 N–H and O–H groups in total. The van der Waals surface area contributed by atoms with Gasteiger partial charge in [0.1, 0.15) is 6.54 Å². The fourth-order valence-corrected chi connectivity index (χ4v) is 1.07. The zero-order valence-corrected chi connectivity index (χ0v) is 9.77. The van der Waals surface area contributed by atoms with Crippen molar-refractivity contribution in [1.82, 2.24) is 0 Å². The first kappa shape index (κ1) is 14.7. The first-order valence-electron chi connectivity index (χ1n) is 4.43. The van der Waals surface area contributed by atoms with Gasteiger partial charge in [0.05, 0.1) is 0 Å². The average Bonchev–Trinajstić information content (AvgIpc) is 2.15. The minimum Gasteiger partial charge on any atom is -0.726 e. The third-order valence-corrected chi connectivity index (χ3v) is 1.64. The highest BCUT2D eigenvalue weighted by Gasteiger charge is 2.10. The SMILES string of the molecule is CC[n+]1ccccc1C(C)=O.O=S(=O)([O-])O. The molecule has 0 saturated carbocycles. The molecule has 6 nitrogen and oxygen atoms in total. The first-order valence-corrected chi connectivity index (χ1v) is 5.80. The van der Waals surface area contributed by atoms with Crippen LogP contribution in [0.25, 0.3) is 0 Å².